The lowest BCUT2D eigenvalue weighted by atomic mass is 10.2. The number of rotatable bonds is 9. The van der Waals surface area contributed by atoms with Gasteiger partial charge in [0.1, 0.15) is 5.82 Å². The molecule has 1 aromatic heterocycles. The number of anilines is 2. The monoisotopic (exact) mass is 550 g/mol. The highest BCUT2D eigenvalue weighted by Crippen LogP contribution is 2.22. The fourth-order valence-corrected chi connectivity index (χ4v) is 6.23. The molecule has 190 valence electrons. The van der Waals surface area contributed by atoms with Crippen LogP contribution in [0.4, 0.5) is 15.2 Å². The summed E-state index contributed by atoms with van der Waals surface area (Å²) >= 11 is 2.61. The van der Waals surface area contributed by atoms with Crippen LogP contribution in [0.3, 0.4) is 0 Å². The van der Waals surface area contributed by atoms with E-state index in [-0.39, 0.29) is 22.4 Å². The predicted octanol–water partition coefficient (Wildman–Crippen LogP) is 3.43. The molecule has 0 saturated carbocycles. The van der Waals surface area contributed by atoms with E-state index < -0.39 is 15.9 Å². The number of sulfonamides is 1. The summed E-state index contributed by atoms with van der Waals surface area (Å²) < 4.78 is 44.9. The first-order valence-electron chi connectivity index (χ1n) is 10.9. The van der Waals surface area contributed by atoms with E-state index in [0.29, 0.717) is 54.1 Å². The van der Waals surface area contributed by atoms with Gasteiger partial charge in [0.25, 0.3) is 5.91 Å². The molecule has 0 bridgehead atoms. The lowest BCUT2D eigenvalue weighted by molar-refractivity contribution is -0.113. The largest absolute Gasteiger partial charge is 0.379 e. The standard InChI is InChI=1S/C23H23FN4O5S3/c24-17-3-5-18(6-4-17)25-21(29)15-34-13-19-14-35-23(26-19)27-22(30)16-1-7-20(8-2-16)36(31,32)28-9-11-33-12-10-28/h1-8,14H,9-13,15H2,(H,25,29)(H,26,27,30). The molecule has 4 rings (SSSR count). The Kier molecular flexibility index (Phi) is 8.69. The molecule has 1 saturated heterocycles. The van der Waals surface area contributed by atoms with Crippen molar-refractivity contribution in [2.75, 3.05) is 42.7 Å². The molecule has 0 unspecified atom stereocenters. The molecule has 36 heavy (non-hydrogen) atoms. The Morgan fingerprint density at radius 1 is 1.06 bits per heavy atom. The van der Waals surface area contributed by atoms with Crippen molar-refractivity contribution in [2.24, 2.45) is 0 Å². The fraction of sp³-hybridized carbons (Fsp3) is 0.261. The molecule has 2 amide bonds. The number of ether oxygens (including phenoxy) is 1. The van der Waals surface area contributed by atoms with Crippen LogP contribution in [-0.2, 0) is 25.3 Å². The Hall–Kier alpha value is -2.84. The van der Waals surface area contributed by atoms with E-state index in [9.17, 15) is 22.4 Å². The van der Waals surface area contributed by atoms with Crippen molar-refractivity contribution in [2.45, 2.75) is 10.6 Å². The number of hydrogen-bond donors (Lipinski definition) is 2. The van der Waals surface area contributed by atoms with E-state index in [1.165, 1.54) is 75.9 Å². The first-order chi connectivity index (χ1) is 17.3. The molecular weight excluding hydrogens is 527 g/mol. The third kappa shape index (κ3) is 6.89. The molecule has 2 N–H and O–H groups in total. The summed E-state index contributed by atoms with van der Waals surface area (Å²) in [7, 11) is -3.63. The van der Waals surface area contributed by atoms with Gasteiger partial charge in [0.2, 0.25) is 15.9 Å². The SMILES string of the molecule is O=C(CSCc1csc(NC(=O)c2ccc(S(=O)(=O)N3CCOCC3)cc2)n1)Nc1ccc(F)cc1. The number of benzene rings is 2. The van der Waals surface area contributed by atoms with Crippen LogP contribution in [-0.4, -0.2) is 61.6 Å². The van der Waals surface area contributed by atoms with Gasteiger partial charge in [0, 0.05) is 35.5 Å². The lowest BCUT2D eigenvalue weighted by Crippen LogP contribution is -2.40. The minimum Gasteiger partial charge on any atom is -0.379 e. The Morgan fingerprint density at radius 3 is 2.44 bits per heavy atom. The van der Waals surface area contributed by atoms with Crippen LogP contribution in [0.2, 0.25) is 0 Å². The van der Waals surface area contributed by atoms with Gasteiger partial charge in [0.15, 0.2) is 5.13 Å². The Labute approximate surface area is 216 Å². The van der Waals surface area contributed by atoms with Crippen molar-refractivity contribution < 1.29 is 27.1 Å². The zero-order valence-corrected chi connectivity index (χ0v) is 21.4. The number of nitrogens with one attached hydrogen (secondary N) is 2. The number of carbonyl (C=O) groups is 2. The molecule has 2 heterocycles. The summed E-state index contributed by atoms with van der Waals surface area (Å²) in [5, 5.41) is 7.59. The smallest absolute Gasteiger partial charge is 0.257 e. The maximum absolute atomic E-state index is 12.9. The second-order valence-electron chi connectivity index (χ2n) is 7.69. The number of halogens is 1. The van der Waals surface area contributed by atoms with Gasteiger partial charge < -0.3 is 10.1 Å². The zero-order valence-electron chi connectivity index (χ0n) is 19.0. The van der Waals surface area contributed by atoms with Gasteiger partial charge in [-0.05, 0) is 48.5 Å². The molecule has 0 radical (unpaired) electrons. The number of carbonyl (C=O) groups excluding carboxylic acids is 2. The van der Waals surface area contributed by atoms with E-state index >= 15 is 0 Å². The van der Waals surface area contributed by atoms with Crippen LogP contribution < -0.4 is 10.6 Å². The van der Waals surface area contributed by atoms with E-state index in [0.717, 1.165) is 0 Å². The van der Waals surface area contributed by atoms with Crippen LogP contribution in [0.15, 0.2) is 58.8 Å². The summed E-state index contributed by atoms with van der Waals surface area (Å²) in [5.74, 6) is -0.331. The highest BCUT2D eigenvalue weighted by molar-refractivity contribution is 7.99. The second-order valence-corrected chi connectivity index (χ2v) is 11.5. The van der Waals surface area contributed by atoms with Gasteiger partial charge >= 0.3 is 0 Å². The van der Waals surface area contributed by atoms with Crippen LogP contribution in [0, 0.1) is 5.82 Å². The Morgan fingerprint density at radius 2 is 1.75 bits per heavy atom. The third-order valence-corrected chi connectivity index (χ3v) is 8.79. The van der Waals surface area contributed by atoms with Crippen molar-refractivity contribution in [3.63, 3.8) is 0 Å². The zero-order chi connectivity index (χ0) is 25.5. The molecule has 0 aliphatic carbocycles. The Balaban J connectivity index is 1.25. The van der Waals surface area contributed by atoms with E-state index in [1.54, 1.807) is 5.38 Å². The van der Waals surface area contributed by atoms with Gasteiger partial charge in [-0.1, -0.05) is 0 Å². The Bertz CT molecular complexity index is 1310. The molecule has 0 spiro atoms. The maximum Gasteiger partial charge on any atom is 0.257 e. The normalized spacial score (nSPS) is 14.4. The summed E-state index contributed by atoms with van der Waals surface area (Å²) in [6, 6.07) is 11.3. The molecule has 9 nitrogen and oxygen atoms in total. The molecule has 1 fully saturated rings. The maximum atomic E-state index is 12.9. The van der Waals surface area contributed by atoms with Gasteiger partial charge in [0.05, 0.1) is 29.6 Å². The van der Waals surface area contributed by atoms with Crippen molar-refractivity contribution in [3.8, 4) is 0 Å². The summed E-state index contributed by atoms with van der Waals surface area (Å²) in [5.41, 5.74) is 1.54. The highest BCUT2D eigenvalue weighted by Gasteiger charge is 2.26. The van der Waals surface area contributed by atoms with Gasteiger partial charge in [-0.25, -0.2) is 17.8 Å². The third-order valence-electron chi connectivity index (χ3n) is 5.11. The van der Waals surface area contributed by atoms with E-state index in [4.69, 9.17) is 4.74 Å². The molecular formula is C23H23FN4O5S3. The quantitative estimate of drug-likeness (QED) is 0.419. The number of morpholine rings is 1. The average Bonchev–Trinajstić information content (AvgIpc) is 3.33. The number of hydrogen-bond acceptors (Lipinski definition) is 8. The van der Waals surface area contributed by atoms with Gasteiger partial charge in [-0.15, -0.1) is 23.1 Å². The highest BCUT2D eigenvalue weighted by atomic mass is 32.2. The first kappa shape index (κ1) is 26.2. The van der Waals surface area contributed by atoms with Crippen molar-refractivity contribution in [3.05, 3.63) is 71.0 Å². The molecule has 13 heteroatoms. The van der Waals surface area contributed by atoms with Crippen LogP contribution in [0.1, 0.15) is 16.1 Å². The number of thioether (sulfide) groups is 1. The molecule has 3 aromatic rings. The number of aromatic nitrogens is 1. The summed E-state index contributed by atoms with van der Waals surface area (Å²) in [6.45, 7) is 1.32. The van der Waals surface area contributed by atoms with Gasteiger partial charge in [-0.3, -0.25) is 14.9 Å². The van der Waals surface area contributed by atoms with Crippen molar-refractivity contribution >= 4 is 55.8 Å². The fourth-order valence-electron chi connectivity index (χ4n) is 3.29. The lowest BCUT2D eigenvalue weighted by Gasteiger charge is -2.26. The molecule has 1 aliphatic heterocycles. The van der Waals surface area contributed by atoms with Gasteiger partial charge in [-0.2, -0.15) is 4.31 Å². The number of thiazole rings is 1. The molecule has 0 atom stereocenters. The minimum absolute atomic E-state index is 0.123. The molecule has 1 aliphatic rings. The van der Waals surface area contributed by atoms with Crippen LogP contribution in [0.5, 0.6) is 0 Å². The van der Waals surface area contributed by atoms with Crippen molar-refractivity contribution in [1.82, 2.24) is 9.29 Å². The minimum atomic E-state index is -3.63. The van der Waals surface area contributed by atoms with Crippen molar-refractivity contribution in [1.29, 1.82) is 0 Å². The van der Waals surface area contributed by atoms with E-state index in [1.807, 2.05) is 0 Å². The van der Waals surface area contributed by atoms with Crippen LogP contribution >= 0.6 is 23.1 Å². The average molecular weight is 551 g/mol. The predicted molar refractivity (Wildman–Crippen MR) is 137 cm³/mol. The topological polar surface area (TPSA) is 118 Å². The van der Waals surface area contributed by atoms with Crippen LogP contribution in [0.25, 0.3) is 0 Å². The number of nitrogens with zero attached hydrogens (tertiary/aromatic N) is 2. The van der Waals surface area contributed by atoms with E-state index in [2.05, 4.69) is 15.6 Å². The first-order valence-corrected chi connectivity index (χ1v) is 14.4. The summed E-state index contributed by atoms with van der Waals surface area (Å²) in [6.07, 6.45) is 0. The number of amides is 2. The summed E-state index contributed by atoms with van der Waals surface area (Å²) in [4.78, 5) is 29.1. The second kappa shape index (κ2) is 11.9. The molecule has 2 aromatic carbocycles.